The van der Waals surface area contributed by atoms with Gasteiger partial charge in [0, 0.05) is 24.0 Å². The van der Waals surface area contributed by atoms with Crippen molar-refractivity contribution in [3.05, 3.63) is 129 Å². The van der Waals surface area contributed by atoms with Crippen molar-refractivity contribution < 1.29 is 18.0 Å². The number of halogens is 3. The lowest BCUT2D eigenvalue weighted by Crippen LogP contribution is -2.54. The number of carbonyl (C=O) groups is 2. The van der Waals surface area contributed by atoms with Crippen molar-refractivity contribution in [3.63, 3.8) is 0 Å². The lowest BCUT2D eigenvalue weighted by atomic mass is 10.0. The largest absolute Gasteiger partial charge is 0.352 e. The number of sulfonamides is 1. The second kappa shape index (κ2) is 15.8. The molecule has 0 aromatic heterocycles. The van der Waals surface area contributed by atoms with Gasteiger partial charge in [-0.2, -0.15) is 0 Å². The Morgan fingerprint density at radius 1 is 0.826 bits per heavy atom. The monoisotopic (exact) mass is 699 g/mol. The van der Waals surface area contributed by atoms with Gasteiger partial charge in [-0.05, 0) is 73.9 Å². The number of nitrogens with one attached hydrogen (secondary N) is 1. The van der Waals surface area contributed by atoms with E-state index in [-0.39, 0.29) is 45.5 Å². The van der Waals surface area contributed by atoms with E-state index in [1.54, 1.807) is 36.4 Å². The Morgan fingerprint density at radius 3 is 2.13 bits per heavy atom. The van der Waals surface area contributed by atoms with E-state index in [1.165, 1.54) is 35.2 Å². The first-order valence-corrected chi connectivity index (χ1v) is 17.4. The number of carbonyl (C=O) groups excluding carboxylic acids is 2. The number of rotatable bonds is 13. The molecule has 0 heterocycles. The topological polar surface area (TPSA) is 86.8 Å². The molecule has 1 N–H and O–H groups in total. The molecule has 2 amide bonds. The second-order valence-corrected chi connectivity index (χ2v) is 14.2. The first kappa shape index (κ1) is 35.3. The maximum atomic E-state index is 14.5. The van der Waals surface area contributed by atoms with Crippen LogP contribution in [0.25, 0.3) is 0 Å². The van der Waals surface area contributed by atoms with Gasteiger partial charge in [0.2, 0.25) is 11.8 Å². The average Bonchev–Trinajstić information content (AvgIpc) is 3.03. The van der Waals surface area contributed by atoms with Gasteiger partial charge in [0.05, 0.1) is 20.6 Å². The number of benzene rings is 4. The number of nitrogens with zero attached hydrogens (tertiary/aromatic N) is 2. The molecular weight excluding hydrogens is 665 g/mol. The summed E-state index contributed by atoms with van der Waals surface area (Å²) in [6.07, 6.45) is 0.888. The van der Waals surface area contributed by atoms with Crippen LogP contribution < -0.4 is 9.62 Å². The Bertz CT molecular complexity index is 1770. The zero-order chi connectivity index (χ0) is 33.4. The van der Waals surface area contributed by atoms with E-state index in [9.17, 15) is 18.0 Å². The maximum Gasteiger partial charge on any atom is 0.264 e. The first-order chi connectivity index (χ1) is 21.9. The van der Waals surface area contributed by atoms with Crippen LogP contribution in [0, 0.1) is 6.92 Å². The van der Waals surface area contributed by atoms with E-state index in [2.05, 4.69) is 5.32 Å². The fourth-order valence-corrected chi connectivity index (χ4v) is 6.74. The van der Waals surface area contributed by atoms with Crippen molar-refractivity contribution in [2.45, 2.75) is 57.1 Å². The minimum atomic E-state index is -4.27. The highest BCUT2D eigenvalue weighted by atomic mass is 35.5. The zero-order valence-electron chi connectivity index (χ0n) is 25.8. The SMILES string of the molecule is CCC(C)NC(=O)C(Cc1ccccc1)N(Cc1cccc(Cl)c1)C(=O)CN(c1ccc(Cl)c(Cl)c1)S(=O)(=O)c1ccc(C)cc1. The molecule has 0 saturated heterocycles. The molecule has 0 saturated carbocycles. The van der Waals surface area contributed by atoms with Gasteiger partial charge in [-0.3, -0.25) is 13.9 Å². The molecular formula is C35H36Cl3N3O4S. The van der Waals surface area contributed by atoms with Crippen LogP contribution in [-0.4, -0.2) is 43.8 Å². The third kappa shape index (κ3) is 9.04. The summed E-state index contributed by atoms with van der Waals surface area (Å²) >= 11 is 18.8. The molecule has 4 aromatic carbocycles. The minimum absolute atomic E-state index is 0.00458. The fourth-order valence-electron chi connectivity index (χ4n) is 4.83. The van der Waals surface area contributed by atoms with Crippen LogP contribution in [0.1, 0.15) is 37.0 Å². The highest BCUT2D eigenvalue weighted by Gasteiger charge is 2.35. The summed E-state index contributed by atoms with van der Waals surface area (Å²) < 4.78 is 29.3. The Kier molecular flexibility index (Phi) is 12.1. The van der Waals surface area contributed by atoms with Crippen molar-refractivity contribution in [2.75, 3.05) is 10.8 Å². The summed E-state index contributed by atoms with van der Waals surface area (Å²) in [6.45, 7) is 5.08. The normalized spacial score (nSPS) is 12.7. The molecule has 0 bridgehead atoms. The lowest BCUT2D eigenvalue weighted by molar-refractivity contribution is -0.140. The van der Waals surface area contributed by atoms with Gasteiger partial charge in [-0.25, -0.2) is 8.42 Å². The maximum absolute atomic E-state index is 14.5. The fraction of sp³-hybridized carbons (Fsp3) is 0.257. The lowest BCUT2D eigenvalue weighted by Gasteiger charge is -2.34. The summed E-state index contributed by atoms with van der Waals surface area (Å²) in [7, 11) is -4.27. The third-order valence-electron chi connectivity index (χ3n) is 7.59. The second-order valence-electron chi connectivity index (χ2n) is 11.1. The van der Waals surface area contributed by atoms with Crippen molar-refractivity contribution in [3.8, 4) is 0 Å². The molecule has 0 aliphatic carbocycles. The molecule has 0 radical (unpaired) electrons. The van der Waals surface area contributed by atoms with E-state index >= 15 is 0 Å². The number of amides is 2. The van der Waals surface area contributed by atoms with Crippen LogP contribution in [0.5, 0.6) is 0 Å². The number of hydrogen-bond donors (Lipinski definition) is 1. The molecule has 2 unspecified atom stereocenters. The summed E-state index contributed by atoms with van der Waals surface area (Å²) in [4.78, 5) is 29.9. The molecule has 7 nitrogen and oxygen atoms in total. The smallest absolute Gasteiger partial charge is 0.264 e. The van der Waals surface area contributed by atoms with Gasteiger partial charge < -0.3 is 10.2 Å². The standard InChI is InChI=1S/C35H36Cl3N3O4S/c1-4-25(3)39-35(43)33(20-26-9-6-5-7-10-26)40(22-27-11-8-12-28(36)19-27)34(42)23-41(29-15-18-31(37)32(38)21-29)46(44,45)30-16-13-24(2)14-17-30/h5-19,21,25,33H,4,20,22-23H2,1-3H3,(H,39,43). The van der Waals surface area contributed by atoms with Gasteiger partial charge >= 0.3 is 0 Å². The Labute approximate surface area is 286 Å². The van der Waals surface area contributed by atoms with Crippen molar-refractivity contribution >= 4 is 62.3 Å². The predicted octanol–water partition coefficient (Wildman–Crippen LogP) is 7.71. The van der Waals surface area contributed by atoms with E-state index in [1.807, 2.05) is 51.1 Å². The third-order valence-corrected chi connectivity index (χ3v) is 10.4. The molecule has 11 heteroatoms. The van der Waals surface area contributed by atoms with E-state index in [4.69, 9.17) is 34.8 Å². The van der Waals surface area contributed by atoms with Crippen molar-refractivity contribution in [2.24, 2.45) is 0 Å². The van der Waals surface area contributed by atoms with Crippen molar-refractivity contribution in [1.29, 1.82) is 0 Å². The van der Waals surface area contributed by atoms with Crippen LogP contribution in [0.3, 0.4) is 0 Å². The van der Waals surface area contributed by atoms with E-state index in [0.717, 1.165) is 15.4 Å². The predicted molar refractivity (Wildman–Crippen MR) is 186 cm³/mol. The number of hydrogen-bond acceptors (Lipinski definition) is 4. The van der Waals surface area contributed by atoms with Gasteiger partial charge in [0.1, 0.15) is 12.6 Å². The van der Waals surface area contributed by atoms with Crippen LogP contribution >= 0.6 is 34.8 Å². The van der Waals surface area contributed by atoms with Crippen LogP contribution in [0.15, 0.2) is 102 Å². The molecule has 46 heavy (non-hydrogen) atoms. The molecule has 4 rings (SSSR count). The Hall–Kier alpha value is -3.56. The summed E-state index contributed by atoms with van der Waals surface area (Å²) in [5.41, 5.74) is 2.54. The number of aryl methyl sites for hydroxylation is 1. The van der Waals surface area contributed by atoms with Gasteiger partial charge in [0.25, 0.3) is 10.0 Å². The first-order valence-electron chi connectivity index (χ1n) is 14.8. The highest BCUT2D eigenvalue weighted by Crippen LogP contribution is 2.31. The van der Waals surface area contributed by atoms with Crippen LogP contribution in [0.4, 0.5) is 5.69 Å². The van der Waals surface area contributed by atoms with Gasteiger partial charge in [0.15, 0.2) is 0 Å². The highest BCUT2D eigenvalue weighted by molar-refractivity contribution is 7.92. The number of anilines is 1. The molecule has 242 valence electrons. The van der Waals surface area contributed by atoms with Gasteiger partial charge in [-0.1, -0.05) is 102 Å². The molecule has 0 fully saturated rings. The van der Waals surface area contributed by atoms with E-state index < -0.39 is 28.5 Å². The summed E-state index contributed by atoms with van der Waals surface area (Å²) in [5, 5.41) is 3.84. The molecule has 2 atom stereocenters. The summed E-state index contributed by atoms with van der Waals surface area (Å²) in [5.74, 6) is -0.946. The minimum Gasteiger partial charge on any atom is -0.352 e. The molecule has 4 aromatic rings. The molecule has 0 spiro atoms. The molecule has 0 aliphatic rings. The van der Waals surface area contributed by atoms with E-state index in [0.29, 0.717) is 17.0 Å². The van der Waals surface area contributed by atoms with Crippen molar-refractivity contribution in [1.82, 2.24) is 10.2 Å². The average molecular weight is 701 g/mol. The summed E-state index contributed by atoms with van der Waals surface area (Å²) in [6, 6.07) is 26.0. The van der Waals surface area contributed by atoms with Crippen LogP contribution in [0.2, 0.25) is 15.1 Å². The Morgan fingerprint density at radius 2 is 1.50 bits per heavy atom. The van der Waals surface area contributed by atoms with Crippen LogP contribution in [-0.2, 0) is 32.6 Å². The molecule has 0 aliphatic heterocycles. The van der Waals surface area contributed by atoms with Gasteiger partial charge in [-0.15, -0.1) is 0 Å². The Balaban J connectivity index is 1.83. The zero-order valence-corrected chi connectivity index (χ0v) is 28.9. The quantitative estimate of drug-likeness (QED) is 0.155.